The molecule has 5 N–H and O–H groups in total. The number of ether oxygens (including phenoxy) is 1. The molecule has 0 saturated heterocycles. The van der Waals surface area contributed by atoms with Crippen molar-refractivity contribution in [3.05, 3.63) is 90.2 Å². The van der Waals surface area contributed by atoms with E-state index in [0.717, 1.165) is 16.3 Å². The molecule has 0 spiro atoms. The van der Waals surface area contributed by atoms with Gasteiger partial charge in [-0.2, -0.15) is 8.42 Å². The first-order valence-corrected chi connectivity index (χ1v) is 12.2. The minimum atomic E-state index is -4.09. The monoisotopic (exact) mass is 512 g/mol. The lowest BCUT2D eigenvalue weighted by atomic mass is 10.1. The molecule has 11 heteroatoms. The molecule has 3 aromatic carbocycles. The predicted octanol–water partition coefficient (Wildman–Crippen LogP) is 5.07. The summed E-state index contributed by atoms with van der Waals surface area (Å²) in [6, 6.07) is 21.3. The van der Waals surface area contributed by atoms with Gasteiger partial charge in [0.25, 0.3) is 10.1 Å². The van der Waals surface area contributed by atoms with Crippen LogP contribution in [0.25, 0.3) is 10.8 Å². The molecule has 0 atom stereocenters. The number of rotatable bonds is 6. The maximum atomic E-state index is 12.8. The molecule has 1 heterocycles. The first-order valence-electron chi connectivity index (χ1n) is 10.8. The zero-order chi connectivity index (χ0) is 26.1. The third-order valence-electron chi connectivity index (χ3n) is 4.84. The summed E-state index contributed by atoms with van der Waals surface area (Å²) >= 11 is 0. The van der Waals surface area contributed by atoms with Crippen LogP contribution in [0, 0.1) is 5.82 Å². The van der Waals surface area contributed by atoms with Gasteiger partial charge in [-0.25, -0.2) is 14.2 Å². The van der Waals surface area contributed by atoms with Crippen LogP contribution in [0.4, 0.5) is 26.5 Å². The van der Waals surface area contributed by atoms with Gasteiger partial charge in [0.05, 0.1) is 17.2 Å². The van der Waals surface area contributed by atoms with E-state index in [4.69, 9.17) is 15.0 Å². The van der Waals surface area contributed by atoms with Crippen molar-refractivity contribution in [2.75, 3.05) is 23.0 Å². The average Bonchev–Trinajstić information content (AvgIpc) is 2.85. The molecule has 0 aliphatic rings. The number of hydrogen-bond acceptors (Lipinski definition) is 7. The zero-order valence-corrected chi connectivity index (χ0v) is 20.1. The minimum absolute atomic E-state index is 0.0730. The van der Waals surface area contributed by atoms with Crippen molar-refractivity contribution in [3.8, 4) is 0 Å². The molecular weight excluding hydrogens is 487 g/mol. The van der Waals surface area contributed by atoms with Crippen LogP contribution in [0.1, 0.15) is 12.5 Å². The smallest absolute Gasteiger partial charge is 0.411 e. The fourth-order valence-corrected chi connectivity index (χ4v) is 3.59. The van der Waals surface area contributed by atoms with Crippen LogP contribution in [-0.4, -0.2) is 30.7 Å². The quantitative estimate of drug-likeness (QED) is 0.262. The standard InChI is InChI=1S/C15H17FN4O2.C10H8O3S/c1-2-22-15(21)19-12-7-8-13(20-14(12)17)18-9-10-3-5-11(16)6-4-10;11-14(12,13)10-6-5-8-3-1-2-4-9(8)7-10/h3-8H,2,9H2,1H3,(H,19,21)(H3,17,18,20);1-7H,(H,11,12,13). The SMILES string of the molecule is CCOC(=O)Nc1ccc(NCc2ccc(F)cc2)nc1N.O=S(=O)(O)c1ccc2ccccc2c1. The largest absolute Gasteiger partial charge is 0.450 e. The van der Waals surface area contributed by atoms with Crippen molar-refractivity contribution in [3.63, 3.8) is 0 Å². The third kappa shape index (κ3) is 7.65. The molecule has 0 unspecified atom stereocenters. The Morgan fingerprint density at radius 2 is 1.72 bits per heavy atom. The highest BCUT2D eigenvalue weighted by atomic mass is 32.2. The first kappa shape index (κ1) is 26.4. The van der Waals surface area contributed by atoms with E-state index in [2.05, 4.69) is 15.6 Å². The molecule has 4 rings (SSSR count). The Morgan fingerprint density at radius 3 is 2.36 bits per heavy atom. The van der Waals surface area contributed by atoms with Gasteiger partial charge in [-0.15, -0.1) is 0 Å². The maximum absolute atomic E-state index is 12.8. The number of benzene rings is 3. The normalized spacial score (nSPS) is 10.8. The van der Waals surface area contributed by atoms with Gasteiger partial charge in [0.15, 0.2) is 0 Å². The number of nitrogen functional groups attached to an aromatic ring is 1. The average molecular weight is 513 g/mol. The second-order valence-electron chi connectivity index (χ2n) is 7.44. The number of nitrogens with two attached hydrogens (primary N) is 1. The summed E-state index contributed by atoms with van der Waals surface area (Å²) in [5, 5.41) is 7.31. The predicted molar refractivity (Wildman–Crippen MR) is 137 cm³/mol. The van der Waals surface area contributed by atoms with Crippen LogP contribution < -0.4 is 16.4 Å². The van der Waals surface area contributed by atoms with Crippen molar-refractivity contribution < 1.29 is 26.9 Å². The molecule has 9 nitrogen and oxygen atoms in total. The van der Waals surface area contributed by atoms with Gasteiger partial charge in [0.2, 0.25) is 0 Å². The molecule has 0 aliphatic heterocycles. The summed E-state index contributed by atoms with van der Waals surface area (Å²) in [5.41, 5.74) is 7.08. The molecule has 1 aromatic heterocycles. The lowest BCUT2D eigenvalue weighted by Gasteiger charge is -2.10. The topological polar surface area (TPSA) is 144 Å². The number of nitrogens with one attached hydrogen (secondary N) is 2. The molecule has 0 saturated carbocycles. The lowest BCUT2D eigenvalue weighted by Crippen LogP contribution is -2.15. The van der Waals surface area contributed by atoms with Crippen LogP contribution in [0.2, 0.25) is 0 Å². The number of halogens is 1. The van der Waals surface area contributed by atoms with Gasteiger partial charge in [0, 0.05) is 6.54 Å². The van der Waals surface area contributed by atoms with Crippen molar-refractivity contribution in [2.45, 2.75) is 18.4 Å². The summed E-state index contributed by atoms with van der Waals surface area (Å²) in [5.74, 6) is 0.453. The van der Waals surface area contributed by atoms with Gasteiger partial charge < -0.3 is 15.8 Å². The van der Waals surface area contributed by atoms with Gasteiger partial charge in [-0.1, -0.05) is 42.5 Å². The molecule has 4 aromatic rings. The second kappa shape index (κ2) is 12.0. The zero-order valence-electron chi connectivity index (χ0n) is 19.3. The lowest BCUT2D eigenvalue weighted by molar-refractivity contribution is 0.168. The van der Waals surface area contributed by atoms with Crippen molar-refractivity contribution >= 4 is 44.3 Å². The van der Waals surface area contributed by atoms with Crippen LogP contribution >= 0.6 is 0 Å². The molecule has 188 valence electrons. The van der Waals surface area contributed by atoms with Crippen LogP contribution in [0.15, 0.2) is 83.8 Å². The van der Waals surface area contributed by atoms with Gasteiger partial charge >= 0.3 is 6.09 Å². The van der Waals surface area contributed by atoms with Gasteiger partial charge in [0.1, 0.15) is 17.5 Å². The number of hydrogen-bond donors (Lipinski definition) is 4. The minimum Gasteiger partial charge on any atom is -0.450 e. The number of amides is 1. The molecule has 0 radical (unpaired) electrons. The second-order valence-corrected chi connectivity index (χ2v) is 8.86. The van der Waals surface area contributed by atoms with Crippen molar-refractivity contribution in [1.29, 1.82) is 0 Å². The van der Waals surface area contributed by atoms with Crippen LogP contribution in [0.3, 0.4) is 0 Å². The van der Waals surface area contributed by atoms with Crippen molar-refractivity contribution in [1.82, 2.24) is 4.98 Å². The fraction of sp³-hybridized carbons (Fsp3) is 0.120. The highest BCUT2D eigenvalue weighted by Gasteiger charge is 2.09. The number of nitrogens with zero attached hydrogens (tertiary/aromatic N) is 1. The van der Waals surface area contributed by atoms with Gasteiger partial charge in [-0.3, -0.25) is 9.87 Å². The van der Waals surface area contributed by atoms with E-state index in [9.17, 15) is 17.6 Å². The summed E-state index contributed by atoms with van der Waals surface area (Å²) in [6.45, 7) is 2.47. The van der Waals surface area contributed by atoms with E-state index >= 15 is 0 Å². The summed E-state index contributed by atoms with van der Waals surface area (Å²) in [7, 11) is -4.09. The van der Waals surface area contributed by atoms with E-state index in [0.29, 0.717) is 18.1 Å². The number of pyridine rings is 1. The highest BCUT2D eigenvalue weighted by Crippen LogP contribution is 2.20. The summed E-state index contributed by atoms with van der Waals surface area (Å²) in [4.78, 5) is 15.4. The first-order chi connectivity index (χ1) is 17.2. The van der Waals surface area contributed by atoms with E-state index < -0.39 is 16.2 Å². The number of carbonyl (C=O) groups excluding carboxylic acids is 1. The Balaban J connectivity index is 0.000000221. The Kier molecular flexibility index (Phi) is 8.76. The van der Waals surface area contributed by atoms with E-state index in [-0.39, 0.29) is 23.1 Å². The number of anilines is 3. The van der Waals surface area contributed by atoms with Crippen molar-refractivity contribution in [2.24, 2.45) is 0 Å². The van der Waals surface area contributed by atoms with Gasteiger partial charge in [-0.05, 0) is 59.7 Å². The maximum Gasteiger partial charge on any atom is 0.411 e. The third-order valence-corrected chi connectivity index (χ3v) is 5.69. The van der Waals surface area contributed by atoms with Crippen LogP contribution in [0.5, 0.6) is 0 Å². The van der Waals surface area contributed by atoms with E-state index in [1.807, 2.05) is 18.2 Å². The Morgan fingerprint density at radius 1 is 1.03 bits per heavy atom. The fourth-order valence-electron chi connectivity index (χ4n) is 3.08. The molecule has 0 bridgehead atoms. The van der Waals surface area contributed by atoms with E-state index in [1.54, 1.807) is 43.3 Å². The Labute approximate surface area is 207 Å². The highest BCUT2D eigenvalue weighted by molar-refractivity contribution is 7.85. The molecule has 0 aliphatic carbocycles. The molecular formula is C25H25FN4O5S. The summed E-state index contributed by atoms with van der Waals surface area (Å²) < 4.78 is 48.1. The number of fused-ring (bicyclic) bond motifs is 1. The van der Waals surface area contributed by atoms with E-state index in [1.165, 1.54) is 24.3 Å². The van der Waals surface area contributed by atoms with Crippen LogP contribution in [-0.2, 0) is 21.4 Å². The molecule has 0 fully saturated rings. The Hall–Kier alpha value is -4.22. The number of carbonyl (C=O) groups is 1. The molecule has 1 amide bonds. The number of aromatic nitrogens is 1. The Bertz CT molecular complexity index is 1450. The molecule has 36 heavy (non-hydrogen) atoms. The summed E-state index contributed by atoms with van der Waals surface area (Å²) in [6.07, 6.45) is -0.581.